The molecule has 1 saturated heterocycles. The number of carbonyl (C=O) groups is 2. The Bertz CT molecular complexity index is 1150. The molecule has 2 aromatic rings. The van der Waals surface area contributed by atoms with Crippen LogP contribution in [0.3, 0.4) is 0 Å². The molecule has 11 heteroatoms. The van der Waals surface area contributed by atoms with Gasteiger partial charge in [-0.15, -0.1) is 0 Å². The van der Waals surface area contributed by atoms with Crippen molar-refractivity contribution in [3.63, 3.8) is 0 Å². The van der Waals surface area contributed by atoms with E-state index >= 15 is 0 Å². The van der Waals surface area contributed by atoms with Crippen LogP contribution >= 0.6 is 11.6 Å². The first-order valence-electron chi connectivity index (χ1n) is 13.9. The van der Waals surface area contributed by atoms with E-state index < -0.39 is 5.60 Å². The Morgan fingerprint density at radius 3 is 2.23 bits per heavy atom. The van der Waals surface area contributed by atoms with E-state index in [1.54, 1.807) is 11.1 Å². The third-order valence-electron chi connectivity index (χ3n) is 7.25. The van der Waals surface area contributed by atoms with Gasteiger partial charge in [-0.25, -0.2) is 14.8 Å². The van der Waals surface area contributed by atoms with Crippen molar-refractivity contribution in [2.45, 2.75) is 104 Å². The summed E-state index contributed by atoms with van der Waals surface area (Å²) in [6.45, 7) is 12.7. The van der Waals surface area contributed by atoms with Crippen molar-refractivity contribution in [2.75, 3.05) is 18.4 Å². The smallest absolute Gasteiger partial charge is 0.410 e. The molecule has 0 atom stereocenters. The summed E-state index contributed by atoms with van der Waals surface area (Å²) in [5, 5.41) is 11.6. The predicted molar refractivity (Wildman–Crippen MR) is 152 cm³/mol. The van der Waals surface area contributed by atoms with Gasteiger partial charge in [0.25, 0.3) is 0 Å². The lowest BCUT2D eigenvalue weighted by Gasteiger charge is -2.33. The van der Waals surface area contributed by atoms with Crippen molar-refractivity contribution < 1.29 is 14.3 Å². The van der Waals surface area contributed by atoms with Gasteiger partial charge in [0.05, 0.1) is 12.2 Å². The summed E-state index contributed by atoms with van der Waals surface area (Å²) in [5.41, 5.74) is 0.870. The van der Waals surface area contributed by atoms with Crippen molar-refractivity contribution in [3.8, 4) is 11.1 Å². The van der Waals surface area contributed by atoms with Gasteiger partial charge in [-0.1, -0.05) is 20.8 Å². The molecule has 0 aromatic carbocycles. The summed E-state index contributed by atoms with van der Waals surface area (Å²) >= 11 is 6.18. The Balaban J connectivity index is 1.37. The first kappa shape index (κ1) is 29.1. The van der Waals surface area contributed by atoms with Gasteiger partial charge in [-0.05, 0) is 70.9 Å². The van der Waals surface area contributed by atoms with Gasteiger partial charge in [0, 0.05) is 54.1 Å². The lowest BCUT2D eigenvalue weighted by molar-refractivity contribution is -0.129. The van der Waals surface area contributed by atoms with E-state index in [0.717, 1.165) is 49.7 Å². The number of ether oxygens (including phenoxy) is 1. The highest BCUT2D eigenvalue weighted by atomic mass is 35.5. The molecule has 0 radical (unpaired) electrons. The molecule has 1 aliphatic carbocycles. The van der Waals surface area contributed by atoms with Gasteiger partial charge in [-0.2, -0.15) is 5.10 Å². The summed E-state index contributed by atoms with van der Waals surface area (Å²) in [4.78, 5) is 35.3. The van der Waals surface area contributed by atoms with E-state index in [0.29, 0.717) is 18.9 Å². The van der Waals surface area contributed by atoms with E-state index in [4.69, 9.17) is 16.3 Å². The van der Waals surface area contributed by atoms with E-state index in [1.807, 2.05) is 58.6 Å². The molecule has 3 heterocycles. The van der Waals surface area contributed by atoms with Gasteiger partial charge in [0.2, 0.25) is 11.2 Å². The molecular formula is C28H42ClN7O3. The molecule has 2 amide bonds. The third kappa shape index (κ3) is 7.84. The maximum absolute atomic E-state index is 12.4. The zero-order valence-corrected chi connectivity index (χ0v) is 24.7. The van der Waals surface area contributed by atoms with E-state index in [9.17, 15) is 9.59 Å². The standard InChI is InChI=1S/C28H42ClN7O3/c1-27(2,3)24(37)33-20-9-7-19(8-10-20)32-23-22(16-30-25(29)34-23)18-15-31-36(17-18)21-11-13-35(14-12-21)26(38)39-28(4,5)6/h15-17,19-21H,7-14H2,1-6H3,(H,33,37)(H,30,32,34). The minimum Gasteiger partial charge on any atom is -0.444 e. The van der Waals surface area contributed by atoms with Gasteiger partial charge >= 0.3 is 6.09 Å². The topological polar surface area (TPSA) is 114 Å². The fourth-order valence-corrected chi connectivity index (χ4v) is 5.11. The Morgan fingerprint density at radius 1 is 0.974 bits per heavy atom. The number of hydrogen-bond donors (Lipinski definition) is 2. The molecule has 1 saturated carbocycles. The fourth-order valence-electron chi connectivity index (χ4n) is 4.98. The first-order chi connectivity index (χ1) is 18.3. The normalized spacial score (nSPS) is 20.9. The van der Waals surface area contributed by atoms with Gasteiger partial charge in [0.15, 0.2) is 0 Å². The predicted octanol–water partition coefficient (Wildman–Crippen LogP) is 5.45. The number of aromatic nitrogens is 4. The van der Waals surface area contributed by atoms with Crippen LogP contribution in [0.25, 0.3) is 11.1 Å². The summed E-state index contributed by atoms with van der Waals surface area (Å²) in [6.07, 6.45) is 10.6. The van der Waals surface area contributed by atoms with Crippen LogP contribution in [0.2, 0.25) is 5.28 Å². The van der Waals surface area contributed by atoms with Crippen LogP contribution in [-0.4, -0.2) is 67.4 Å². The highest BCUT2D eigenvalue weighted by Gasteiger charge is 2.29. The molecule has 2 aromatic heterocycles. The van der Waals surface area contributed by atoms with Crippen molar-refractivity contribution in [1.29, 1.82) is 0 Å². The van der Waals surface area contributed by atoms with Crippen molar-refractivity contribution in [1.82, 2.24) is 30.0 Å². The monoisotopic (exact) mass is 559 g/mol. The molecule has 1 aliphatic heterocycles. The number of carbonyl (C=O) groups excluding carboxylic acids is 2. The Labute approximate surface area is 236 Å². The maximum atomic E-state index is 12.4. The maximum Gasteiger partial charge on any atom is 0.410 e. The number of nitrogens with zero attached hydrogens (tertiary/aromatic N) is 5. The number of halogens is 1. The van der Waals surface area contributed by atoms with Crippen LogP contribution in [0.5, 0.6) is 0 Å². The molecule has 10 nitrogen and oxygen atoms in total. The molecular weight excluding hydrogens is 518 g/mol. The number of rotatable bonds is 5. The molecule has 4 rings (SSSR count). The SMILES string of the molecule is CC(C)(C)OC(=O)N1CCC(n2cc(-c3cnc(Cl)nc3NC3CCC(NC(=O)C(C)(C)C)CC3)cn2)CC1. The van der Waals surface area contributed by atoms with Crippen molar-refractivity contribution in [3.05, 3.63) is 23.9 Å². The van der Waals surface area contributed by atoms with Crippen molar-refractivity contribution in [2.24, 2.45) is 5.41 Å². The average Bonchev–Trinajstić information content (AvgIpc) is 3.34. The summed E-state index contributed by atoms with van der Waals surface area (Å²) in [6, 6.07) is 0.619. The summed E-state index contributed by atoms with van der Waals surface area (Å²) in [7, 11) is 0. The van der Waals surface area contributed by atoms with E-state index in [1.165, 1.54) is 0 Å². The molecule has 39 heavy (non-hydrogen) atoms. The molecule has 214 valence electrons. The first-order valence-corrected chi connectivity index (χ1v) is 14.3. The number of piperidine rings is 1. The molecule has 2 N–H and O–H groups in total. The van der Waals surface area contributed by atoms with E-state index in [-0.39, 0.29) is 40.8 Å². The second-order valence-corrected chi connectivity index (χ2v) is 13.1. The largest absolute Gasteiger partial charge is 0.444 e. The minimum atomic E-state index is -0.501. The number of likely N-dealkylation sites (tertiary alicyclic amines) is 1. The zero-order valence-electron chi connectivity index (χ0n) is 24.0. The van der Waals surface area contributed by atoms with Crippen molar-refractivity contribution >= 4 is 29.4 Å². The lowest BCUT2D eigenvalue weighted by atomic mass is 9.89. The Kier molecular flexibility index (Phi) is 8.73. The molecule has 0 bridgehead atoms. The molecule has 2 fully saturated rings. The number of hydrogen-bond acceptors (Lipinski definition) is 7. The van der Waals surface area contributed by atoms with Crippen LogP contribution in [0.1, 0.15) is 86.1 Å². The fraction of sp³-hybridized carbons (Fsp3) is 0.679. The minimum absolute atomic E-state index is 0.0938. The van der Waals surface area contributed by atoms with Crippen LogP contribution < -0.4 is 10.6 Å². The van der Waals surface area contributed by atoms with Gasteiger partial charge < -0.3 is 20.3 Å². The van der Waals surface area contributed by atoms with Crippen LogP contribution in [-0.2, 0) is 9.53 Å². The molecule has 0 spiro atoms. The highest BCUT2D eigenvalue weighted by molar-refractivity contribution is 6.28. The quantitative estimate of drug-likeness (QED) is 0.468. The number of anilines is 1. The van der Waals surface area contributed by atoms with Gasteiger partial charge in [0.1, 0.15) is 11.4 Å². The van der Waals surface area contributed by atoms with Crippen LogP contribution in [0.15, 0.2) is 18.6 Å². The average molecular weight is 560 g/mol. The van der Waals surface area contributed by atoms with E-state index in [2.05, 4.69) is 25.7 Å². The lowest BCUT2D eigenvalue weighted by Crippen LogP contribution is -2.44. The molecule has 0 unspecified atom stereocenters. The number of nitrogens with one attached hydrogen (secondary N) is 2. The van der Waals surface area contributed by atoms with Crippen LogP contribution in [0.4, 0.5) is 10.6 Å². The second kappa shape index (κ2) is 11.7. The highest BCUT2D eigenvalue weighted by Crippen LogP contribution is 2.32. The third-order valence-corrected chi connectivity index (χ3v) is 7.43. The Hall–Kier alpha value is -2.88. The van der Waals surface area contributed by atoms with Crippen LogP contribution in [0, 0.1) is 5.41 Å². The number of amides is 2. The Morgan fingerprint density at radius 2 is 1.62 bits per heavy atom. The van der Waals surface area contributed by atoms with Gasteiger partial charge in [-0.3, -0.25) is 9.48 Å². The zero-order chi connectivity index (χ0) is 28.4. The summed E-state index contributed by atoms with van der Waals surface area (Å²) in [5.74, 6) is 0.785. The second-order valence-electron chi connectivity index (χ2n) is 12.7. The molecule has 2 aliphatic rings. The summed E-state index contributed by atoms with van der Waals surface area (Å²) < 4.78 is 7.49.